The van der Waals surface area contributed by atoms with E-state index in [-0.39, 0.29) is 18.2 Å². The molecule has 1 N–H and O–H groups in total. The molecule has 3 aliphatic rings. The van der Waals surface area contributed by atoms with E-state index in [0.29, 0.717) is 30.9 Å². The summed E-state index contributed by atoms with van der Waals surface area (Å²) < 4.78 is 11.7. The van der Waals surface area contributed by atoms with Gasteiger partial charge in [-0.1, -0.05) is 35.8 Å². The Labute approximate surface area is 206 Å². The topological polar surface area (TPSA) is 88.2 Å². The lowest BCUT2D eigenvalue weighted by Crippen LogP contribution is -2.52. The lowest BCUT2D eigenvalue weighted by Gasteiger charge is -2.29. The Morgan fingerprint density at radius 3 is 2.46 bits per heavy atom. The molecular weight excluding hydrogens is 444 g/mol. The van der Waals surface area contributed by atoms with Gasteiger partial charge in [0.25, 0.3) is 5.91 Å². The highest BCUT2D eigenvalue weighted by Gasteiger charge is 2.41. The number of hydrogen-bond donors (Lipinski definition) is 1. The van der Waals surface area contributed by atoms with Crippen LogP contribution in [0.3, 0.4) is 0 Å². The molecule has 1 unspecified atom stereocenters. The van der Waals surface area contributed by atoms with Crippen molar-refractivity contribution < 1.29 is 23.9 Å². The molecule has 0 radical (unpaired) electrons. The van der Waals surface area contributed by atoms with Gasteiger partial charge in [0.15, 0.2) is 0 Å². The van der Waals surface area contributed by atoms with Crippen molar-refractivity contribution in [2.75, 3.05) is 26.3 Å². The number of carbonyl (C=O) groups excluding carboxylic acids is 3. The van der Waals surface area contributed by atoms with Crippen molar-refractivity contribution in [1.29, 1.82) is 0 Å². The third kappa shape index (κ3) is 4.86. The summed E-state index contributed by atoms with van der Waals surface area (Å²) in [5, 5.41) is 2.36. The number of benzene rings is 2. The molecule has 0 aliphatic carbocycles. The molecule has 8 nitrogen and oxygen atoms in total. The summed E-state index contributed by atoms with van der Waals surface area (Å²) in [6.07, 6.45) is 0.578. The molecule has 0 spiro atoms. The minimum absolute atomic E-state index is 0.177. The Kier molecular flexibility index (Phi) is 6.67. The Morgan fingerprint density at radius 2 is 1.74 bits per heavy atom. The number of ether oxygens (including phenoxy) is 2. The number of morpholine rings is 1. The van der Waals surface area contributed by atoms with Crippen molar-refractivity contribution in [3.8, 4) is 5.75 Å². The lowest BCUT2D eigenvalue weighted by atomic mass is 9.81. The fraction of sp³-hybridized carbons (Fsp3) is 0.400. The smallest absolute Gasteiger partial charge is 0.254 e. The standard InChI is InChI=1S/C25H29B2N3O5/c26-18-11-19(27)23(17-13-30(25(33)22(17)18)20-5-6-21(31)28-24(20)32)35-14-16-3-1-15(2-4-16)12-29-7-9-34-10-8-29/h1-4,11,20H,5-10,12-14,26-27H2,(H,28,31,32). The van der Waals surface area contributed by atoms with E-state index in [9.17, 15) is 14.4 Å². The van der Waals surface area contributed by atoms with Gasteiger partial charge in [-0.2, -0.15) is 0 Å². The molecule has 3 aliphatic heterocycles. The molecule has 0 bridgehead atoms. The number of fused-ring (bicyclic) bond motifs is 1. The molecule has 2 aromatic rings. The van der Waals surface area contributed by atoms with Gasteiger partial charge in [-0.3, -0.25) is 24.6 Å². The van der Waals surface area contributed by atoms with E-state index < -0.39 is 11.9 Å². The van der Waals surface area contributed by atoms with E-state index in [4.69, 9.17) is 9.47 Å². The number of rotatable bonds is 6. The van der Waals surface area contributed by atoms with Crippen LogP contribution in [0.25, 0.3) is 0 Å². The second-order valence-electron chi connectivity index (χ2n) is 9.59. The third-order valence-electron chi connectivity index (χ3n) is 7.07. The molecule has 3 heterocycles. The predicted molar refractivity (Wildman–Crippen MR) is 136 cm³/mol. The van der Waals surface area contributed by atoms with E-state index in [2.05, 4.69) is 34.5 Å². The first-order chi connectivity index (χ1) is 16.9. The van der Waals surface area contributed by atoms with Crippen molar-refractivity contribution in [3.63, 3.8) is 0 Å². The van der Waals surface area contributed by atoms with Crippen LogP contribution in [0, 0.1) is 0 Å². The zero-order chi connectivity index (χ0) is 24.5. The van der Waals surface area contributed by atoms with Gasteiger partial charge in [-0.05, 0) is 23.0 Å². The van der Waals surface area contributed by atoms with Gasteiger partial charge in [0.05, 0.1) is 19.8 Å². The van der Waals surface area contributed by atoms with Crippen LogP contribution in [0.2, 0.25) is 0 Å². The zero-order valence-electron chi connectivity index (χ0n) is 20.3. The molecule has 10 heteroatoms. The van der Waals surface area contributed by atoms with Crippen molar-refractivity contribution in [1.82, 2.24) is 15.1 Å². The summed E-state index contributed by atoms with van der Waals surface area (Å²) in [7, 11) is 3.89. The van der Waals surface area contributed by atoms with Gasteiger partial charge in [0.1, 0.15) is 34.1 Å². The monoisotopic (exact) mass is 473 g/mol. The number of nitrogens with one attached hydrogen (secondary N) is 1. The SMILES string of the molecule is Bc1cc(B)c2c(c1OCc1ccc(CN3CCOCC3)cc1)CN(C1CCC(=O)NC1=O)C2=O. The van der Waals surface area contributed by atoms with Crippen LogP contribution < -0.4 is 21.0 Å². The molecule has 2 saturated heterocycles. The number of hydrogen-bond acceptors (Lipinski definition) is 6. The second-order valence-corrected chi connectivity index (χ2v) is 9.59. The predicted octanol–water partition coefficient (Wildman–Crippen LogP) is -1.62. The average Bonchev–Trinajstić information content (AvgIpc) is 3.18. The maximum Gasteiger partial charge on any atom is 0.254 e. The summed E-state index contributed by atoms with van der Waals surface area (Å²) >= 11 is 0. The van der Waals surface area contributed by atoms with Crippen LogP contribution in [0.1, 0.15) is 39.9 Å². The van der Waals surface area contributed by atoms with E-state index in [1.54, 1.807) is 4.90 Å². The van der Waals surface area contributed by atoms with Gasteiger partial charge < -0.3 is 14.4 Å². The average molecular weight is 473 g/mol. The first-order valence-electron chi connectivity index (χ1n) is 12.2. The maximum absolute atomic E-state index is 13.3. The number of amides is 3. The van der Waals surface area contributed by atoms with E-state index in [1.165, 1.54) is 5.56 Å². The first-order valence-corrected chi connectivity index (χ1v) is 12.2. The van der Waals surface area contributed by atoms with Gasteiger partial charge in [0.2, 0.25) is 11.8 Å². The largest absolute Gasteiger partial charge is 0.489 e. The van der Waals surface area contributed by atoms with Crippen molar-refractivity contribution in [2.45, 2.75) is 38.6 Å². The highest BCUT2D eigenvalue weighted by atomic mass is 16.5. The molecule has 1 atom stereocenters. The molecular formula is C25H29B2N3O5. The quantitative estimate of drug-likeness (QED) is 0.401. The summed E-state index contributed by atoms with van der Waals surface area (Å²) in [6.45, 7) is 5.09. The number of nitrogens with zero attached hydrogens (tertiary/aromatic N) is 2. The lowest BCUT2D eigenvalue weighted by molar-refractivity contribution is -0.136. The van der Waals surface area contributed by atoms with Crippen molar-refractivity contribution in [3.05, 3.63) is 52.6 Å². The van der Waals surface area contributed by atoms with Crippen LogP contribution in [0.5, 0.6) is 5.75 Å². The minimum atomic E-state index is -0.640. The van der Waals surface area contributed by atoms with Crippen molar-refractivity contribution >= 4 is 44.3 Å². The number of imide groups is 1. The van der Waals surface area contributed by atoms with Gasteiger partial charge >= 0.3 is 0 Å². The van der Waals surface area contributed by atoms with Gasteiger partial charge in [-0.15, -0.1) is 0 Å². The summed E-state index contributed by atoms with van der Waals surface area (Å²) in [5.41, 5.74) is 5.57. The summed E-state index contributed by atoms with van der Waals surface area (Å²) in [4.78, 5) is 41.2. The van der Waals surface area contributed by atoms with E-state index in [0.717, 1.165) is 54.9 Å². The van der Waals surface area contributed by atoms with Crippen LogP contribution >= 0.6 is 0 Å². The van der Waals surface area contributed by atoms with Crippen LogP contribution in [-0.4, -0.2) is 75.6 Å². The van der Waals surface area contributed by atoms with E-state index >= 15 is 0 Å². The number of carbonyl (C=O) groups is 3. The Balaban J connectivity index is 1.30. The normalized spacial score (nSPS) is 20.6. The van der Waals surface area contributed by atoms with Crippen LogP contribution in [0.15, 0.2) is 30.3 Å². The first kappa shape index (κ1) is 23.6. The Morgan fingerprint density at radius 1 is 1.03 bits per heavy atom. The molecule has 2 fully saturated rings. The van der Waals surface area contributed by atoms with Crippen LogP contribution in [-0.2, 0) is 34.0 Å². The molecule has 5 rings (SSSR count). The third-order valence-corrected chi connectivity index (χ3v) is 7.07. The second kappa shape index (κ2) is 9.87. The van der Waals surface area contributed by atoms with Gasteiger partial charge in [0, 0.05) is 37.2 Å². The molecule has 2 aromatic carbocycles. The van der Waals surface area contributed by atoms with Crippen LogP contribution in [0.4, 0.5) is 0 Å². The fourth-order valence-electron chi connectivity index (χ4n) is 5.23. The maximum atomic E-state index is 13.3. The van der Waals surface area contributed by atoms with Crippen molar-refractivity contribution in [2.24, 2.45) is 0 Å². The number of piperidine rings is 1. The summed E-state index contributed by atoms with van der Waals surface area (Å²) in [6, 6.07) is 9.76. The Bertz CT molecular complexity index is 1160. The minimum Gasteiger partial charge on any atom is -0.489 e. The Hall–Kier alpha value is -3.10. The molecule has 180 valence electrons. The summed E-state index contributed by atoms with van der Waals surface area (Å²) in [5.74, 6) is -0.172. The molecule has 0 saturated carbocycles. The zero-order valence-corrected chi connectivity index (χ0v) is 20.3. The molecule has 0 aromatic heterocycles. The van der Waals surface area contributed by atoms with Gasteiger partial charge in [-0.25, -0.2) is 0 Å². The van der Waals surface area contributed by atoms with E-state index in [1.807, 2.05) is 21.8 Å². The highest BCUT2D eigenvalue weighted by Crippen LogP contribution is 2.32. The highest BCUT2D eigenvalue weighted by molar-refractivity contribution is 6.42. The fourth-order valence-corrected chi connectivity index (χ4v) is 5.23. The molecule has 3 amide bonds. The molecule has 35 heavy (non-hydrogen) atoms.